The van der Waals surface area contributed by atoms with Crippen LogP contribution in [0.5, 0.6) is 0 Å². The van der Waals surface area contributed by atoms with Crippen LogP contribution in [0, 0.1) is 19.7 Å². The standard InChI is InChI=1S/C18H20ClFN6S/c1-11-17(22-18(27)21-9-13-7-8-25(3)24-13)12(2)26(23-11)10-14-15(19)5-4-6-16(14)20/h4-8H,9-10H2,1-3H3,(H2,21,22,27). The summed E-state index contributed by atoms with van der Waals surface area (Å²) in [7, 11) is 1.86. The molecule has 0 saturated heterocycles. The molecule has 0 saturated carbocycles. The first-order chi connectivity index (χ1) is 12.8. The maximum Gasteiger partial charge on any atom is 0.171 e. The Kier molecular flexibility index (Phi) is 5.76. The van der Waals surface area contributed by atoms with E-state index in [1.54, 1.807) is 21.5 Å². The second-order valence-corrected chi connectivity index (χ2v) is 7.01. The third-order valence-corrected chi connectivity index (χ3v) is 4.79. The van der Waals surface area contributed by atoms with Crippen LogP contribution < -0.4 is 10.6 Å². The zero-order valence-corrected chi connectivity index (χ0v) is 16.8. The van der Waals surface area contributed by atoms with Gasteiger partial charge in [0.1, 0.15) is 5.82 Å². The van der Waals surface area contributed by atoms with Crippen LogP contribution >= 0.6 is 23.8 Å². The summed E-state index contributed by atoms with van der Waals surface area (Å²) in [6.45, 7) is 4.53. The van der Waals surface area contributed by atoms with Crippen molar-refractivity contribution in [1.29, 1.82) is 0 Å². The van der Waals surface area contributed by atoms with Crippen LogP contribution in [-0.2, 0) is 20.1 Å². The number of benzene rings is 1. The third-order valence-electron chi connectivity index (χ3n) is 4.19. The fraction of sp³-hybridized carbons (Fsp3) is 0.278. The lowest BCUT2D eigenvalue weighted by Gasteiger charge is -2.11. The van der Waals surface area contributed by atoms with E-state index in [1.807, 2.05) is 33.2 Å². The first kappa shape index (κ1) is 19.3. The Balaban J connectivity index is 1.70. The number of anilines is 1. The number of aryl methyl sites for hydroxylation is 2. The molecular weight excluding hydrogens is 387 g/mol. The van der Waals surface area contributed by atoms with E-state index in [9.17, 15) is 4.39 Å². The van der Waals surface area contributed by atoms with Gasteiger partial charge in [-0.05, 0) is 44.3 Å². The minimum atomic E-state index is -0.350. The van der Waals surface area contributed by atoms with Gasteiger partial charge in [0.2, 0.25) is 0 Å². The molecule has 0 fully saturated rings. The minimum absolute atomic E-state index is 0.244. The fourth-order valence-electron chi connectivity index (χ4n) is 2.75. The van der Waals surface area contributed by atoms with Crippen molar-refractivity contribution in [2.75, 3.05) is 5.32 Å². The zero-order valence-electron chi connectivity index (χ0n) is 15.3. The van der Waals surface area contributed by atoms with Gasteiger partial charge in [-0.25, -0.2) is 4.39 Å². The highest BCUT2D eigenvalue weighted by atomic mass is 35.5. The Hall–Kier alpha value is -2.45. The van der Waals surface area contributed by atoms with Gasteiger partial charge in [0.05, 0.1) is 35.9 Å². The summed E-state index contributed by atoms with van der Waals surface area (Å²) >= 11 is 11.5. The fourth-order valence-corrected chi connectivity index (χ4v) is 3.15. The second-order valence-electron chi connectivity index (χ2n) is 6.19. The number of nitrogens with one attached hydrogen (secondary N) is 2. The van der Waals surface area contributed by atoms with E-state index >= 15 is 0 Å². The van der Waals surface area contributed by atoms with E-state index in [1.165, 1.54) is 6.07 Å². The van der Waals surface area contributed by atoms with Crippen LogP contribution in [0.1, 0.15) is 22.6 Å². The molecule has 2 heterocycles. The van der Waals surface area contributed by atoms with Crippen LogP contribution in [0.15, 0.2) is 30.5 Å². The quantitative estimate of drug-likeness (QED) is 0.634. The highest BCUT2D eigenvalue weighted by Crippen LogP contribution is 2.24. The summed E-state index contributed by atoms with van der Waals surface area (Å²) in [4.78, 5) is 0. The molecule has 3 aromatic rings. The molecule has 0 atom stereocenters. The van der Waals surface area contributed by atoms with Crippen LogP contribution in [0.2, 0.25) is 5.02 Å². The number of aromatic nitrogens is 4. The van der Waals surface area contributed by atoms with Gasteiger partial charge in [-0.1, -0.05) is 17.7 Å². The number of thiocarbonyl (C=S) groups is 1. The molecule has 0 amide bonds. The Morgan fingerprint density at radius 2 is 2.04 bits per heavy atom. The van der Waals surface area contributed by atoms with Crippen molar-refractivity contribution in [3.8, 4) is 0 Å². The zero-order chi connectivity index (χ0) is 19.6. The van der Waals surface area contributed by atoms with Gasteiger partial charge in [0.15, 0.2) is 5.11 Å². The molecule has 142 valence electrons. The van der Waals surface area contributed by atoms with Crippen molar-refractivity contribution in [1.82, 2.24) is 24.9 Å². The first-order valence-electron chi connectivity index (χ1n) is 8.35. The van der Waals surface area contributed by atoms with Crippen LogP contribution in [-0.4, -0.2) is 24.7 Å². The number of hydrogen-bond acceptors (Lipinski definition) is 3. The molecule has 0 spiro atoms. The van der Waals surface area contributed by atoms with E-state index in [2.05, 4.69) is 20.8 Å². The molecule has 0 aliphatic rings. The predicted octanol–water partition coefficient (Wildman–Crippen LogP) is 3.56. The van der Waals surface area contributed by atoms with Crippen molar-refractivity contribution < 1.29 is 4.39 Å². The maximum absolute atomic E-state index is 14.1. The summed E-state index contributed by atoms with van der Waals surface area (Å²) in [5.41, 5.74) is 3.70. The Bertz CT molecular complexity index is 960. The molecule has 0 aliphatic heterocycles. The van der Waals surface area contributed by atoms with Crippen molar-refractivity contribution in [3.63, 3.8) is 0 Å². The predicted molar refractivity (Wildman–Crippen MR) is 108 cm³/mol. The monoisotopic (exact) mass is 406 g/mol. The van der Waals surface area contributed by atoms with Crippen molar-refractivity contribution in [3.05, 3.63) is 63.9 Å². The van der Waals surface area contributed by atoms with Gasteiger partial charge in [-0.15, -0.1) is 0 Å². The number of hydrogen-bond donors (Lipinski definition) is 2. The summed E-state index contributed by atoms with van der Waals surface area (Å²) in [5.74, 6) is -0.350. The average Bonchev–Trinajstić information content (AvgIpc) is 3.14. The van der Waals surface area contributed by atoms with Gasteiger partial charge in [0, 0.05) is 23.8 Å². The van der Waals surface area contributed by atoms with Crippen molar-refractivity contribution in [2.24, 2.45) is 7.05 Å². The largest absolute Gasteiger partial charge is 0.357 e. The highest BCUT2D eigenvalue weighted by Gasteiger charge is 2.15. The van der Waals surface area contributed by atoms with Crippen molar-refractivity contribution in [2.45, 2.75) is 26.9 Å². The second kappa shape index (κ2) is 8.06. The van der Waals surface area contributed by atoms with E-state index < -0.39 is 0 Å². The van der Waals surface area contributed by atoms with Gasteiger partial charge in [-0.3, -0.25) is 9.36 Å². The smallest absolute Gasteiger partial charge is 0.171 e. The summed E-state index contributed by atoms with van der Waals surface area (Å²) in [6, 6.07) is 6.56. The number of halogens is 2. The Morgan fingerprint density at radius 1 is 1.26 bits per heavy atom. The molecule has 1 aromatic carbocycles. The minimum Gasteiger partial charge on any atom is -0.357 e. The van der Waals surface area contributed by atoms with Gasteiger partial charge < -0.3 is 10.6 Å². The number of rotatable bonds is 5. The average molecular weight is 407 g/mol. The Labute approximate surface area is 167 Å². The van der Waals surface area contributed by atoms with Crippen LogP contribution in [0.25, 0.3) is 0 Å². The molecular formula is C18H20ClFN6S. The maximum atomic E-state index is 14.1. The summed E-state index contributed by atoms with van der Waals surface area (Å²) < 4.78 is 17.5. The lowest BCUT2D eigenvalue weighted by molar-refractivity contribution is 0.579. The molecule has 0 radical (unpaired) electrons. The molecule has 3 rings (SSSR count). The highest BCUT2D eigenvalue weighted by molar-refractivity contribution is 7.80. The van der Waals surface area contributed by atoms with E-state index in [-0.39, 0.29) is 12.4 Å². The van der Waals surface area contributed by atoms with Crippen molar-refractivity contribution >= 4 is 34.6 Å². The lowest BCUT2D eigenvalue weighted by atomic mass is 10.2. The van der Waals surface area contributed by atoms with E-state index in [4.69, 9.17) is 23.8 Å². The molecule has 9 heteroatoms. The number of nitrogens with zero attached hydrogens (tertiary/aromatic N) is 4. The molecule has 0 aliphatic carbocycles. The lowest BCUT2D eigenvalue weighted by Crippen LogP contribution is -2.28. The normalized spacial score (nSPS) is 10.9. The van der Waals surface area contributed by atoms with Crippen LogP contribution in [0.4, 0.5) is 10.1 Å². The summed E-state index contributed by atoms with van der Waals surface area (Å²) in [5, 5.41) is 15.9. The molecule has 2 aromatic heterocycles. The van der Waals surface area contributed by atoms with E-state index in [0.29, 0.717) is 22.2 Å². The summed E-state index contributed by atoms with van der Waals surface area (Å²) in [6.07, 6.45) is 1.87. The van der Waals surface area contributed by atoms with Gasteiger partial charge in [-0.2, -0.15) is 10.2 Å². The molecule has 27 heavy (non-hydrogen) atoms. The van der Waals surface area contributed by atoms with Gasteiger partial charge in [0.25, 0.3) is 0 Å². The third kappa shape index (κ3) is 4.45. The first-order valence-corrected chi connectivity index (χ1v) is 9.14. The van der Waals surface area contributed by atoms with E-state index in [0.717, 1.165) is 22.8 Å². The molecule has 0 bridgehead atoms. The topological polar surface area (TPSA) is 59.7 Å². The molecule has 6 nitrogen and oxygen atoms in total. The molecule has 2 N–H and O–H groups in total. The molecule has 0 unspecified atom stereocenters. The van der Waals surface area contributed by atoms with Gasteiger partial charge >= 0.3 is 0 Å². The SMILES string of the molecule is Cc1nn(Cc2c(F)cccc2Cl)c(C)c1NC(=S)NCc1ccn(C)n1. The Morgan fingerprint density at radius 3 is 2.70 bits per heavy atom. The van der Waals surface area contributed by atoms with Crippen LogP contribution in [0.3, 0.4) is 0 Å².